The Morgan fingerprint density at radius 2 is 1.95 bits per heavy atom. The number of benzene rings is 1. The van der Waals surface area contributed by atoms with Crippen LogP contribution in [0.5, 0.6) is 0 Å². The molecule has 0 spiro atoms. The zero-order valence-electron chi connectivity index (χ0n) is 10.4. The number of anilines is 1. The monoisotopic (exact) mass is 303 g/mol. The van der Waals surface area contributed by atoms with Crippen LogP contribution in [-0.2, 0) is 4.79 Å². The Bertz CT molecular complexity index is 469. The van der Waals surface area contributed by atoms with E-state index in [1.807, 2.05) is 6.92 Å². The molecule has 0 atom stereocenters. The Hall–Kier alpha value is -1.46. The topological polar surface area (TPSA) is 84.2 Å². The van der Waals surface area contributed by atoms with Crippen molar-refractivity contribution >= 4 is 40.7 Å². The van der Waals surface area contributed by atoms with Crippen LogP contribution in [0.2, 0.25) is 10.0 Å². The average Bonchev–Trinajstić information content (AvgIpc) is 2.35. The van der Waals surface area contributed by atoms with Gasteiger partial charge in [0, 0.05) is 25.1 Å². The molecule has 4 N–H and O–H groups in total. The van der Waals surface area contributed by atoms with Gasteiger partial charge < -0.3 is 16.4 Å². The summed E-state index contributed by atoms with van der Waals surface area (Å²) >= 11 is 11.6. The van der Waals surface area contributed by atoms with E-state index in [2.05, 4.69) is 10.6 Å². The van der Waals surface area contributed by atoms with Crippen LogP contribution >= 0.6 is 23.2 Å². The van der Waals surface area contributed by atoms with Crippen molar-refractivity contribution in [2.75, 3.05) is 18.8 Å². The molecule has 1 aromatic rings. The average molecular weight is 304 g/mol. The number of carbonyl (C=O) groups is 2. The van der Waals surface area contributed by atoms with Crippen molar-refractivity contribution < 1.29 is 9.59 Å². The molecule has 0 saturated carbocycles. The van der Waals surface area contributed by atoms with Crippen molar-refractivity contribution in [2.45, 2.75) is 13.3 Å². The normalized spacial score (nSPS) is 10.1. The summed E-state index contributed by atoms with van der Waals surface area (Å²) in [4.78, 5) is 23.0. The van der Waals surface area contributed by atoms with Crippen LogP contribution in [0.25, 0.3) is 0 Å². The van der Waals surface area contributed by atoms with Gasteiger partial charge in [0.05, 0.1) is 15.7 Å². The highest BCUT2D eigenvalue weighted by Gasteiger charge is 2.11. The molecule has 7 heteroatoms. The van der Waals surface area contributed by atoms with Crippen LogP contribution in [0.1, 0.15) is 23.7 Å². The lowest BCUT2D eigenvalue weighted by Gasteiger charge is -2.08. The van der Waals surface area contributed by atoms with E-state index in [4.69, 9.17) is 28.9 Å². The first-order valence-electron chi connectivity index (χ1n) is 5.75. The van der Waals surface area contributed by atoms with Gasteiger partial charge in [-0.2, -0.15) is 0 Å². The summed E-state index contributed by atoms with van der Waals surface area (Å²) in [7, 11) is 0. The molecular weight excluding hydrogens is 289 g/mol. The number of hydrogen-bond acceptors (Lipinski definition) is 3. The van der Waals surface area contributed by atoms with E-state index in [1.54, 1.807) is 0 Å². The second-order valence-electron chi connectivity index (χ2n) is 3.82. The van der Waals surface area contributed by atoms with Crippen LogP contribution in [0, 0.1) is 0 Å². The van der Waals surface area contributed by atoms with Gasteiger partial charge in [0.2, 0.25) is 5.91 Å². The first kappa shape index (κ1) is 15.6. The molecular formula is C12H15Cl2N3O2. The number of rotatable bonds is 5. The predicted octanol–water partition coefficient (Wildman–Crippen LogP) is 1.83. The number of nitrogen functional groups attached to an aromatic ring is 1. The molecule has 2 amide bonds. The first-order valence-corrected chi connectivity index (χ1v) is 6.50. The number of amides is 2. The minimum Gasteiger partial charge on any atom is -0.397 e. The minimum atomic E-state index is -0.352. The van der Waals surface area contributed by atoms with Gasteiger partial charge in [-0.3, -0.25) is 9.59 Å². The molecule has 0 radical (unpaired) electrons. The van der Waals surface area contributed by atoms with Crippen molar-refractivity contribution in [2.24, 2.45) is 0 Å². The minimum absolute atomic E-state index is 0.114. The lowest BCUT2D eigenvalue weighted by molar-refractivity contribution is -0.120. The van der Waals surface area contributed by atoms with Crippen LogP contribution in [0.4, 0.5) is 5.69 Å². The van der Waals surface area contributed by atoms with E-state index in [-0.39, 0.29) is 40.5 Å². The van der Waals surface area contributed by atoms with E-state index in [1.165, 1.54) is 12.1 Å². The molecule has 0 bridgehead atoms. The lowest BCUT2D eigenvalue weighted by atomic mass is 10.2. The maximum Gasteiger partial charge on any atom is 0.251 e. The van der Waals surface area contributed by atoms with Gasteiger partial charge in [-0.1, -0.05) is 23.2 Å². The summed E-state index contributed by atoms with van der Waals surface area (Å²) in [5.41, 5.74) is 6.16. The molecule has 0 aliphatic rings. The zero-order chi connectivity index (χ0) is 14.4. The van der Waals surface area contributed by atoms with Crippen LogP contribution < -0.4 is 16.4 Å². The third kappa shape index (κ3) is 4.61. The third-order valence-electron chi connectivity index (χ3n) is 2.33. The Morgan fingerprint density at radius 1 is 1.26 bits per heavy atom. The standard InChI is InChI=1S/C12H15Cl2N3O2/c1-2-16-10(18)3-4-17-12(19)7-5-8(13)11(14)9(15)6-7/h5-6H,2-4,15H2,1H3,(H,16,18)(H,17,19). The van der Waals surface area contributed by atoms with E-state index < -0.39 is 0 Å². The number of halogens is 2. The molecule has 0 aliphatic heterocycles. The summed E-state index contributed by atoms with van der Waals surface area (Å²) in [5.74, 6) is -0.467. The molecule has 0 unspecified atom stereocenters. The predicted molar refractivity (Wildman–Crippen MR) is 76.5 cm³/mol. The second-order valence-corrected chi connectivity index (χ2v) is 4.61. The Balaban J connectivity index is 2.57. The molecule has 104 valence electrons. The highest BCUT2D eigenvalue weighted by atomic mass is 35.5. The molecule has 0 aliphatic carbocycles. The van der Waals surface area contributed by atoms with Gasteiger partial charge in [0.15, 0.2) is 0 Å². The second kappa shape index (κ2) is 7.21. The third-order valence-corrected chi connectivity index (χ3v) is 3.15. The number of hydrogen-bond donors (Lipinski definition) is 3. The zero-order valence-corrected chi connectivity index (χ0v) is 11.9. The van der Waals surface area contributed by atoms with Crippen LogP contribution in [0.15, 0.2) is 12.1 Å². The summed E-state index contributed by atoms with van der Waals surface area (Å²) in [5, 5.41) is 5.68. The highest BCUT2D eigenvalue weighted by molar-refractivity contribution is 6.43. The van der Waals surface area contributed by atoms with Gasteiger partial charge in [-0.05, 0) is 19.1 Å². The van der Waals surface area contributed by atoms with Gasteiger partial charge in [-0.25, -0.2) is 0 Å². The van der Waals surface area contributed by atoms with Crippen LogP contribution in [-0.4, -0.2) is 24.9 Å². The fraction of sp³-hybridized carbons (Fsp3) is 0.333. The summed E-state index contributed by atoms with van der Waals surface area (Å²) < 4.78 is 0. The van der Waals surface area contributed by atoms with E-state index in [0.29, 0.717) is 12.1 Å². The smallest absolute Gasteiger partial charge is 0.251 e. The maximum atomic E-state index is 11.8. The first-order chi connectivity index (χ1) is 8.95. The molecule has 0 fully saturated rings. The number of nitrogens with two attached hydrogens (primary N) is 1. The van der Waals surface area contributed by atoms with Crippen molar-refractivity contribution in [3.05, 3.63) is 27.7 Å². The molecule has 1 rings (SSSR count). The molecule has 1 aromatic carbocycles. The number of carbonyl (C=O) groups excluding carboxylic acids is 2. The van der Waals surface area contributed by atoms with Gasteiger partial charge in [0.25, 0.3) is 5.91 Å². The molecule has 0 aromatic heterocycles. The largest absolute Gasteiger partial charge is 0.397 e. The van der Waals surface area contributed by atoms with Crippen molar-refractivity contribution in [1.82, 2.24) is 10.6 Å². The van der Waals surface area contributed by atoms with Gasteiger partial charge >= 0.3 is 0 Å². The Labute approximate surface area is 121 Å². The molecule has 0 saturated heterocycles. The Kier molecular flexibility index (Phi) is 5.92. The fourth-order valence-corrected chi connectivity index (χ4v) is 1.75. The molecule has 0 heterocycles. The number of nitrogens with one attached hydrogen (secondary N) is 2. The fourth-order valence-electron chi connectivity index (χ4n) is 1.42. The maximum absolute atomic E-state index is 11.8. The highest BCUT2D eigenvalue weighted by Crippen LogP contribution is 2.29. The molecule has 5 nitrogen and oxygen atoms in total. The quantitative estimate of drug-likeness (QED) is 0.726. The summed E-state index contributed by atoms with van der Waals surface area (Å²) in [6.07, 6.45) is 0.219. The van der Waals surface area contributed by atoms with Gasteiger partial charge in [0.1, 0.15) is 0 Å². The SMILES string of the molecule is CCNC(=O)CCNC(=O)c1cc(N)c(Cl)c(Cl)c1. The van der Waals surface area contributed by atoms with Crippen molar-refractivity contribution in [1.29, 1.82) is 0 Å². The van der Waals surface area contributed by atoms with E-state index >= 15 is 0 Å². The lowest BCUT2D eigenvalue weighted by Crippen LogP contribution is -2.30. The Morgan fingerprint density at radius 3 is 2.53 bits per heavy atom. The summed E-state index contributed by atoms with van der Waals surface area (Å²) in [6, 6.07) is 2.87. The summed E-state index contributed by atoms with van der Waals surface area (Å²) in [6.45, 7) is 2.63. The van der Waals surface area contributed by atoms with Crippen molar-refractivity contribution in [3.8, 4) is 0 Å². The van der Waals surface area contributed by atoms with Crippen LogP contribution in [0.3, 0.4) is 0 Å². The van der Waals surface area contributed by atoms with E-state index in [9.17, 15) is 9.59 Å². The van der Waals surface area contributed by atoms with Gasteiger partial charge in [-0.15, -0.1) is 0 Å². The molecule has 19 heavy (non-hydrogen) atoms. The van der Waals surface area contributed by atoms with E-state index in [0.717, 1.165) is 0 Å². The van der Waals surface area contributed by atoms with Crippen molar-refractivity contribution in [3.63, 3.8) is 0 Å².